The van der Waals surface area contributed by atoms with Crippen LogP contribution in [0.15, 0.2) is 48.5 Å². The van der Waals surface area contributed by atoms with Crippen LogP contribution in [0.25, 0.3) is 0 Å². The molecule has 0 aliphatic rings. The van der Waals surface area contributed by atoms with E-state index in [9.17, 15) is 0 Å². The van der Waals surface area contributed by atoms with Crippen molar-refractivity contribution in [1.29, 1.82) is 0 Å². The first kappa shape index (κ1) is 18.8. The maximum atomic E-state index is 6.13. The largest absolute Gasteiger partial charge is 0.492 e. The number of halogens is 1. The molecule has 24 heavy (non-hydrogen) atoms. The molecule has 0 unspecified atom stereocenters. The van der Waals surface area contributed by atoms with Crippen molar-refractivity contribution in [2.45, 2.75) is 27.2 Å². The summed E-state index contributed by atoms with van der Waals surface area (Å²) in [6, 6.07) is 16.4. The van der Waals surface area contributed by atoms with Crippen molar-refractivity contribution in [1.82, 2.24) is 4.90 Å². The summed E-state index contributed by atoms with van der Waals surface area (Å²) in [7, 11) is 0. The summed E-state index contributed by atoms with van der Waals surface area (Å²) in [5, 5.41) is 0.773. The van der Waals surface area contributed by atoms with Gasteiger partial charge in [0.15, 0.2) is 0 Å². The van der Waals surface area contributed by atoms with Gasteiger partial charge in [-0.2, -0.15) is 0 Å². The van der Waals surface area contributed by atoms with E-state index in [2.05, 4.69) is 56.0 Å². The Morgan fingerprint density at radius 1 is 0.958 bits per heavy atom. The van der Waals surface area contributed by atoms with Crippen LogP contribution < -0.4 is 4.74 Å². The van der Waals surface area contributed by atoms with Gasteiger partial charge in [0.2, 0.25) is 0 Å². The predicted octanol–water partition coefficient (Wildman–Crippen LogP) is 5.44. The molecule has 0 aliphatic carbocycles. The van der Waals surface area contributed by atoms with E-state index in [1.54, 1.807) is 0 Å². The molecule has 0 fully saturated rings. The number of hydrogen-bond acceptors (Lipinski definition) is 2. The number of benzene rings is 2. The Labute approximate surface area is 151 Å². The van der Waals surface area contributed by atoms with Gasteiger partial charge in [-0.25, -0.2) is 0 Å². The van der Waals surface area contributed by atoms with E-state index in [-0.39, 0.29) is 0 Å². The van der Waals surface area contributed by atoms with Crippen molar-refractivity contribution in [3.63, 3.8) is 0 Å². The molecule has 0 heterocycles. The van der Waals surface area contributed by atoms with Gasteiger partial charge in [0.25, 0.3) is 0 Å². The second-order valence-corrected chi connectivity index (χ2v) is 6.18. The molecule has 0 spiro atoms. The smallest absolute Gasteiger partial charge is 0.119 e. The lowest BCUT2D eigenvalue weighted by Crippen LogP contribution is -2.27. The summed E-state index contributed by atoms with van der Waals surface area (Å²) in [5.41, 5.74) is 2.40. The van der Waals surface area contributed by atoms with Gasteiger partial charge in [-0.15, -0.1) is 0 Å². The Hall–Kier alpha value is -1.51. The molecule has 0 saturated heterocycles. The molecule has 2 nitrogen and oxygen atoms in total. The summed E-state index contributed by atoms with van der Waals surface area (Å²) in [6.07, 6.45) is 0.961. The molecule has 0 atom stereocenters. The minimum Gasteiger partial charge on any atom is -0.492 e. The lowest BCUT2D eigenvalue weighted by Gasteiger charge is -2.19. The lowest BCUT2D eigenvalue weighted by molar-refractivity contribution is 0.223. The zero-order valence-electron chi connectivity index (χ0n) is 14.9. The molecule has 0 aliphatic heterocycles. The topological polar surface area (TPSA) is 12.5 Å². The van der Waals surface area contributed by atoms with Gasteiger partial charge in [-0.3, -0.25) is 0 Å². The number of nitrogens with zero attached hydrogens (tertiary/aromatic N) is 1. The Morgan fingerprint density at radius 2 is 1.67 bits per heavy atom. The molecule has 2 aromatic carbocycles. The molecule has 0 amide bonds. The molecule has 0 bridgehead atoms. The van der Waals surface area contributed by atoms with E-state index >= 15 is 0 Å². The molecule has 0 N–H and O–H groups in total. The van der Waals surface area contributed by atoms with Gasteiger partial charge in [0, 0.05) is 17.5 Å². The van der Waals surface area contributed by atoms with Crippen LogP contribution in [0.4, 0.5) is 0 Å². The third-order valence-electron chi connectivity index (χ3n) is 4.30. The van der Waals surface area contributed by atoms with Gasteiger partial charge in [0.05, 0.1) is 0 Å². The first-order valence-corrected chi connectivity index (χ1v) is 9.13. The summed E-state index contributed by atoms with van der Waals surface area (Å²) < 4.78 is 5.86. The van der Waals surface area contributed by atoms with Crippen LogP contribution in [-0.2, 0) is 0 Å². The second-order valence-electron chi connectivity index (χ2n) is 5.74. The minimum absolute atomic E-state index is 0.722. The third-order valence-corrected chi connectivity index (χ3v) is 4.54. The van der Waals surface area contributed by atoms with Gasteiger partial charge < -0.3 is 9.64 Å². The van der Waals surface area contributed by atoms with Crippen molar-refractivity contribution < 1.29 is 4.74 Å². The quantitative estimate of drug-likeness (QED) is 0.600. The average Bonchev–Trinajstić information content (AvgIpc) is 2.61. The van der Waals surface area contributed by atoms with Crippen molar-refractivity contribution in [3.8, 4) is 5.75 Å². The fraction of sp³-hybridized carbons (Fsp3) is 0.381. The summed E-state index contributed by atoms with van der Waals surface area (Å²) in [5.74, 6) is 2.22. The van der Waals surface area contributed by atoms with Crippen LogP contribution >= 0.6 is 11.6 Å². The molecule has 1 radical (unpaired) electrons. The van der Waals surface area contributed by atoms with Crippen molar-refractivity contribution in [2.24, 2.45) is 0 Å². The van der Waals surface area contributed by atoms with Crippen LogP contribution in [0.5, 0.6) is 5.75 Å². The highest BCUT2D eigenvalue weighted by molar-refractivity contribution is 6.30. The van der Waals surface area contributed by atoms with E-state index in [4.69, 9.17) is 16.3 Å². The molecule has 0 saturated carbocycles. The van der Waals surface area contributed by atoms with Crippen molar-refractivity contribution in [3.05, 3.63) is 70.6 Å². The zero-order valence-corrected chi connectivity index (χ0v) is 15.6. The van der Waals surface area contributed by atoms with Crippen LogP contribution in [0.1, 0.15) is 38.3 Å². The molecule has 129 valence electrons. The second kappa shape index (κ2) is 9.71. The molecule has 2 aromatic rings. The van der Waals surface area contributed by atoms with Gasteiger partial charge in [0.1, 0.15) is 12.4 Å². The SMILES string of the molecule is CC[C](c1ccc(OCCN(CC)CC)cc1)c1cccc(Cl)c1. The molecule has 0 aromatic heterocycles. The fourth-order valence-corrected chi connectivity index (χ4v) is 3.03. The first-order valence-electron chi connectivity index (χ1n) is 8.75. The van der Waals surface area contributed by atoms with Crippen molar-refractivity contribution >= 4 is 11.6 Å². The van der Waals surface area contributed by atoms with Crippen LogP contribution in [-0.4, -0.2) is 31.1 Å². The fourth-order valence-electron chi connectivity index (χ4n) is 2.84. The van der Waals surface area contributed by atoms with Crippen molar-refractivity contribution in [2.75, 3.05) is 26.2 Å². The minimum atomic E-state index is 0.722. The highest BCUT2D eigenvalue weighted by Crippen LogP contribution is 2.29. The predicted molar refractivity (Wildman–Crippen MR) is 103 cm³/mol. The maximum absolute atomic E-state index is 6.13. The van der Waals surface area contributed by atoms with Gasteiger partial charge in [-0.05, 0) is 54.9 Å². The third kappa shape index (κ3) is 5.25. The number of likely N-dealkylation sites (N-methyl/N-ethyl adjacent to an activating group) is 1. The number of rotatable bonds is 9. The Balaban J connectivity index is 1.99. The highest BCUT2D eigenvalue weighted by atomic mass is 35.5. The highest BCUT2D eigenvalue weighted by Gasteiger charge is 2.13. The number of ether oxygens (including phenoxy) is 1. The maximum Gasteiger partial charge on any atom is 0.119 e. The Kier molecular flexibility index (Phi) is 7.61. The Bertz CT molecular complexity index is 607. The summed E-state index contributed by atoms with van der Waals surface area (Å²) >= 11 is 6.13. The molecular weight excluding hydrogens is 318 g/mol. The van der Waals surface area contributed by atoms with E-state index in [1.165, 1.54) is 17.0 Å². The lowest BCUT2D eigenvalue weighted by atomic mass is 9.89. The molecule has 3 heteroatoms. The van der Waals surface area contributed by atoms with Gasteiger partial charge >= 0.3 is 0 Å². The standard InChI is InChI=1S/C21H27ClNO/c1-4-21(18-8-7-9-19(22)16-18)17-10-12-20(13-11-17)24-15-14-23(5-2)6-3/h7-13,16H,4-6,14-15H2,1-3H3. The van der Waals surface area contributed by atoms with Crippen LogP contribution in [0.3, 0.4) is 0 Å². The van der Waals surface area contributed by atoms with E-state index in [1.807, 2.05) is 18.2 Å². The average molecular weight is 345 g/mol. The summed E-state index contributed by atoms with van der Waals surface area (Å²) in [4.78, 5) is 2.36. The first-order chi connectivity index (χ1) is 11.7. The van der Waals surface area contributed by atoms with E-state index < -0.39 is 0 Å². The van der Waals surface area contributed by atoms with E-state index in [0.29, 0.717) is 0 Å². The van der Waals surface area contributed by atoms with Crippen LogP contribution in [0.2, 0.25) is 5.02 Å². The monoisotopic (exact) mass is 344 g/mol. The van der Waals surface area contributed by atoms with Crippen LogP contribution in [0, 0.1) is 5.92 Å². The number of hydrogen-bond donors (Lipinski definition) is 0. The summed E-state index contributed by atoms with van der Waals surface area (Å²) in [6.45, 7) is 10.3. The molecular formula is C21H27ClNO. The molecule has 2 rings (SSSR count). The zero-order chi connectivity index (χ0) is 17.4. The normalized spacial score (nSPS) is 11.2. The van der Waals surface area contributed by atoms with Gasteiger partial charge in [-0.1, -0.05) is 56.6 Å². The Morgan fingerprint density at radius 3 is 2.25 bits per heavy atom. The van der Waals surface area contributed by atoms with E-state index in [0.717, 1.165) is 43.4 Å².